The molecule has 2 atom stereocenters. The molecule has 1 saturated carbocycles. The first-order chi connectivity index (χ1) is 7.63. The van der Waals surface area contributed by atoms with E-state index in [1.165, 1.54) is 38.8 Å². The average Bonchev–Trinajstić information content (AvgIpc) is 3.03. The smallest absolute Gasteiger partial charge is 0.0470 e. The van der Waals surface area contributed by atoms with E-state index in [0.29, 0.717) is 0 Å². The molecular weight excluding hydrogens is 198 g/mol. The molecule has 0 amide bonds. The summed E-state index contributed by atoms with van der Waals surface area (Å²) >= 11 is 0. The zero-order valence-electron chi connectivity index (χ0n) is 11.1. The highest BCUT2D eigenvalue weighted by atomic mass is 15.3. The summed E-state index contributed by atoms with van der Waals surface area (Å²) in [4.78, 5) is 5.20. The highest BCUT2D eigenvalue weighted by molar-refractivity contribution is 5.06. The van der Waals surface area contributed by atoms with Gasteiger partial charge in [-0.15, -0.1) is 0 Å². The number of likely N-dealkylation sites (N-methyl/N-ethyl adjacent to an activating group) is 1. The van der Waals surface area contributed by atoms with Gasteiger partial charge in [0.05, 0.1) is 0 Å². The second-order valence-electron chi connectivity index (χ2n) is 5.81. The van der Waals surface area contributed by atoms with Crippen LogP contribution in [0.15, 0.2) is 0 Å². The zero-order valence-corrected chi connectivity index (χ0v) is 11.1. The highest BCUT2D eigenvalue weighted by Gasteiger charge is 2.47. The second kappa shape index (κ2) is 4.63. The van der Waals surface area contributed by atoms with E-state index >= 15 is 0 Å². The number of hydrogen-bond donors (Lipinski definition) is 1. The summed E-state index contributed by atoms with van der Waals surface area (Å²) in [6.45, 7) is 7.78. The molecular formula is C13H27N3. The zero-order chi connectivity index (χ0) is 11.8. The minimum atomic E-state index is 0.248. The van der Waals surface area contributed by atoms with Crippen LogP contribution in [0.3, 0.4) is 0 Å². The van der Waals surface area contributed by atoms with Gasteiger partial charge in [-0.05, 0) is 46.2 Å². The lowest BCUT2D eigenvalue weighted by molar-refractivity contribution is 0.128. The molecule has 3 nitrogen and oxygen atoms in total. The fraction of sp³-hybridized carbons (Fsp3) is 1.00. The maximum Gasteiger partial charge on any atom is 0.0470 e. The van der Waals surface area contributed by atoms with Gasteiger partial charge in [0.2, 0.25) is 0 Å². The van der Waals surface area contributed by atoms with Crippen LogP contribution < -0.4 is 5.73 Å². The van der Waals surface area contributed by atoms with E-state index in [-0.39, 0.29) is 5.54 Å². The minimum Gasteiger partial charge on any atom is -0.329 e. The Morgan fingerprint density at radius 2 is 2.12 bits per heavy atom. The van der Waals surface area contributed by atoms with Crippen LogP contribution >= 0.6 is 0 Å². The van der Waals surface area contributed by atoms with Crippen molar-refractivity contribution in [3.05, 3.63) is 0 Å². The van der Waals surface area contributed by atoms with Gasteiger partial charge in [0.15, 0.2) is 0 Å². The summed E-state index contributed by atoms with van der Waals surface area (Å²) in [5.41, 5.74) is 6.32. The first-order valence-electron chi connectivity index (χ1n) is 6.80. The topological polar surface area (TPSA) is 32.5 Å². The van der Waals surface area contributed by atoms with Crippen LogP contribution in [-0.4, -0.2) is 54.1 Å². The van der Waals surface area contributed by atoms with E-state index in [1.54, 1.807) is 0 Å². The monoisotopic (exact) mass is 225 g/mol. The molecule has 16 heavy (non-hydrogen) atoms. The molecule has 1 heterocycles. The van der Waals surface area contributed by atoms with E-state index in [0.717, 1.165) is 18.6 Å². The molecule has 2 fully saturated rings. The molecule has 3 heteroatoms. The van der Waals surface area contributed by atoms with Crippen LogP contribution in [0, 0.1) is 0 Å². The predicted octanol–water partition coefficient (Wildman–Crippen LogP) is 1.28. The Kier molecular flexibility index (Phi) is 3.57. The van der Waals surface area contributed by atoms with Crippen LogP contribution in [0.1, 0.15) is 39.5 Å². The second-order valence-corrected chi connectivity index (χ2v) is 5.81. The Morgan fingerprint density at radius 3 is 2.62 bits per heavy atom. The van der Waals surface area contributed by atoms with Gasteiger partial charge in [-0.2, -0.15) is 0 Å². The molecule has 0 spiro atoms. The van der Waals surface area contributed by atoms with E-state index < -0.39 is 0 Å². The Hall–Kier alpha value is -0.120. The van der Waals surface area contributed by atoms with Gasteiger partial charge >= 0.3 is 0 Å². The largest absolute Gasteiger partial charge is 0.329 e. The van der Waals surface area contributed by atoms with Crippen LogP contribution in [-0.2, 0) is 0 Å². The molecule has 0 aromatic heterocycles. The third-order valence-electron chi connectivity index (χ3n) is 4.48. The van der Waals surface area contributed by atoms with Crippen molar-refractivity contribution in [2.24, 2.45) is 5.73 Å². The van der Waals surface area contributed by atoms with Gasteiger partial charge in [-0.1, -0.05) is 6.92 Å². The number of rotatable bonds is 5. The van der Waals surface area contributed by atoms with Crippen molar-refractivity contribution in [3.63, 3.8) is 0 Å². The fourth-order valence-electron chi connectivity index (χ4n) is 3.28. The van der Waals surface area contributed by atoms with Crippen LogP contribution in [0.4, 0.5) is 0 Å². The number of nitrogens with two attached hydrogens (primary N) is 1. The van der Waals surface area contributed by atoms with Crippen molar-refractivity contribution in [3.8, 4) is 0 Å². The molecule has 94 valence electrons. The first-order valence-corrected chi connectivity index (χ1v) is 6.80. The van der Waals surface area contributed by atoms with E-state index in [1.807, 2.05) is 0 Å². The lowest BCUT2D eigenvalue weighted by atomic mass is 9.94. The Labute approximate surface area is 100.0 Å². The molecule has 0 aromatic carbocycles. The van der Waals surface area contributed by atoms with E-state index in [4.69, 9.17) is 5.73 Å². The molecule has 0 aromatic rings. The first kappa shape index (κ1) is 12.3. The van der Waals surface area contributed by atoms with Gasteiger partial charge in [0.1, 0.15) is 0 Å². The van der Waals surface area contributed by atoms with Gasteiger partial charge in [0.25, 0.3) is 0 Å². The lowest BCUT2D eigenvalue weighted by Crippen LogP contribution is -2.54. The van der Waals surface area contributed by atoms with Crippen LogP contribution in [0.25, 0.3) is 0 Å². The molecule has 1 aliphatic heterocycles. The van der Waals surface area contributed by atoms with Crippen LogP contribution in [0.2, 0.25) is 0 Å². The predicted molar refractivity (Wildman–Crippen MR) is 68.5 cm³/mol. The van der Waals surface area contributed by atoms with Crippen LogP contribution in [0.5, 0.6) is 0 Å². The Morgan fingerprint density at radius 1 is 1.44 bits per heavy atom. The quantitative estimate of drug-likeness (QED) is 0.765. The molecule has 1 saturated heterocycles. The normalized spacial score (nSPS) is 36.2. The van der Waals surface area contributed by atoms with Gasteiger partial charge in [-0.25, -0.2) is 0 Å². The van der Waals surface area contributed by atoms with Crippen molar-refractivity contribution in [1.82, 2.24) is 9.80 Å². The third-order valence-corrected chi connectivity index (χ3v) is 4.48. The highest BCUT2D eigenvalue weighted by Crippen LogP contribution is 2.38. The van der Waals surface area contributed by atoms with Gasteiger partial charge < -0.3 is 5.73 Å². The molecule has 2 unspecified atom stereocenters. The third kappa shape index (κ3) is 2.13. The van der Waals surface area contributed by atoms with E-state index in [9.17, 15) is 0 Å². The molecule has 2 N–H and O–H groups in total. The summed E-state index contributed by atoms with van der Waals surface area (Å²) in [5.74, 6) is 0. The standard InChI is InChI=1S/C13H27N3/c1-4-7-15(3)13(9-14)8-11(2)16(10-13)12-5-6-12/h11-12H,4-10,14H2,1-3H3. The summed E-state index contributed by atoms with van der Waals surface area (Å²) in [6, 6.07) is 1.59. The summed E-state index contributed by atoms with van der Waals surface area (Å²) in [7, 11) is 2.25. The average molecular weight is 225 g/mol. The van der Waals surface area contributed by atoms with Crippen molar-refractivity contribution in [1.29, 1.82) is 0 Å². The number of hydrogen-bond acceptors (Lipinski definition) is 3. The van der Waals surface area contributed by atoms with Crippen molar-refractivity contribution >= 4 is 0 Å². The summed E-state index contributed by atoms with van der Waals surface area (Å²) in [5, 5.41) is 0. The molecule has 0 bridgehead atoms. The van der Waals surface area contributed by atoms with E-state index in [2.05, 4.69) is 30.7 Å². The maximum atomic E-state index is 6.08. The van der Waals surface area contributed by atoms with Crippen molar-refractivity contribution < 1.29 is 0 Å². The Bertz CT molecular complexity index is 239. The van der Waals surface area contributed by atoms with Crippen molar-refractivity contribution in [2.45, 2.75) is 57.2 Å². The number of likely N-dealkylation sites (tertiary alicyclic amines) is 1. The van der Waals surface area contributed by atoms with Gasteiger partial charge in [-0.3, -0.25) is 9.80 Å². The molecule has 0 radical (unpaired) electrons. The molecule has 2 rings (SSSR count). The number of nitrogens with zero attached hydrogens (tertiary/aromatic N) is 2. The minimum absolute atomic E-state index is 0.248. The lowest BCUT2D eigenvalue weighted by Gasteiger charge is -2.38. The van der Waals surface area contributed by atoms with Crippen molar-refractivity contribution in [2.75, 3.05) is 26.7 Å². The summed E-state index contributed by atoms with van der Waals surface area (Å²) < 4.78 is 0. The molecule has 1 aliphatic carbocycles. The summed E-state index contributed by atoms with van der Waals surface area (Å²) in [6.07, 6.45) is 5.28. The van der Waals surface area contributed by atoms with Gasteiger partial charge in [0, 0.05) is 30.7 Å². The fourth-order valence-corrected chi connectivity index (χ4v) is 3.28. The SMILES string of the molecule is CCCN(C)C1(CN)CC(C)N(C2CC2)C1. The maximum absolute atomic E-state index is 6.08. The Balaban J connectivity index is 2.04. The molecule has 2 aliphatic rings.